The van der Waals surface area contributed by atoms with Crippen LogP contribution in [0.15, 0.2) is 0 Å². The van der Waals surface area contributed by atoms with Crippen LogP contribution in [0.1, 0.15) is 53.4 Å². The Kier molecular flexibility index (Phi) is 4.38. The predicted octanol–water partition coefficient (Wildman–Crippen LogP) is 2.83. The van der Waals surface area contributed by atoms with Gasteiger partial charge in [-0.05, 0) is 50.7 Å². The van der Waals surface area contributed by atoms with Crippen molar-refractivity contribution < 1.29 is 0 Å². The van der Waals surface area contributed by atoms with E-state index in [-0.39, 0.29) is 0 Å². The SMILES string of the molecule is CC(C)NC(=S)NC1CCCC(C)(C)C1. The molecule has 2 nitrogen and oxygen atoms in total. The second-order valence-electron chi connectivity index (χ2n) is 5.73. The minimum absolute atomic E-state index is 0.418. The van der Waals surface area contributed by atoms with Gasteiger partial charge in [-0.1, -0.05) is 20.3 Å². The molecule has 0 spiro atoms. The van der Waals surface area contributed by atoms with E-state index in [1.807, 2.05) is 0 Å². The zero-order valence-corrected chi connectivity index (χ0v) is 11.2. The zero-order valence-electron chi connectivity index (χ0n) is 10.4. The van der Waals surface area contributed by atoms with Crippen molar-refractivity contribution in [3.05, 3.63) is 0 Å². The summed E-state index contributed by atoms with van der Waals surface area (Å²) in [5.74, 6) is 0. The average molecular weight is 228 g/mol. The van der Waals surface area contributed by atoms with Crippen molar-refractivity contribution in [1.82, 2.24) is 10.6 Å². The van der Waals surface area contributed by atoms with Gasteiger partial charge in [0.15, 0.2) is 5.11 Å². The van der Waals surface area contributed by atoms with E-state index in [1.54, 1.807) is 0 Å². The molecule has 88 valence electrons. The Morgan fingerprint density at radius 2 is 2.07 bits per heavy atom. The lowest BCUT2D eigenvalue weighted by atomic mass is 9.75. The molecule has 3 heteroatoms. The Balaban J connectivity index is 2.35. The number of nitrogens with one attached hydrogen (secondary N) is 2. The fourth-order valence-electron chi connectivity index (χ4n) is 2.31. The molecule has 2 N–H and O–H groups in total. The molecule has 1 aliphatic rings. The Morgan fingerprint density at radius 1 is 1.40 bits per heavy atom. The van der Waals surface area contributed by atoms with Gasteiger partial charge < -0.3 is 10.6 Å². The summed E-state index contributed by atoms with van der Waals surface area (Å²) in [6.07, 6.45) is 5.14. The van der Waals surface area contributed by atoms with Gasteiger partial charge in [0.1, 0.15) is 0 Å². The summed E-state index contributed by atoms with van der Waals surface area (Å²) in [5, 5.41) is 7.48. The molecule has 0 saturated heterocycles. The highest BCUT2D eigenvalue weighted by Gasteiger charge is 2.28. The van der Waals surface area contributed by atoms with Gasteiger partial charge in [-0.15, -0.1) is 0 Å². The topological polar surface area (TPSA) is 24.1 Å². The van der Waals surface area contributed by atoms with Crippen molar-refractivity contribution in [3.63, 3.8) is 0 Å². The molecule has 1 fully saturated rings. The van der Waals surface area contributed by atoms with Crippen LogP contribution in [0.3, 0.4) is 0 Å². The summed E-state index contributed by atoms with van der Waals surface area (Å²) >= 11 is 5.26. The molecule has 1 saturated carbocycles. The Bertz CT molecular complexity index is 224. The van der Waals surface area contributed by atoms with Gasteiger partial charge in [-0.3, -0.25) is 0 Å². The fourth-order valence-corrected chi connectivity index (χ4v) is 2.71. The van der Waals surface area contributed by atoms with Crippen LogP contribution in [0, 0.1) is 5.41 Å². The van der Waals surface area contributed by atoms with Crippen molar-refractivity contribution in [3.8, 4) is 0 Å². The van der Waals surface area contributed by atoms with Gasteiger partial charge in [0.25, 0.3) is 0 Å². The molecule has 0 aromatic heterocycles. The van der Waals surface area contributed by atoms with E-state index in [0.717, 1.165) is 5.11 Å². The van der Waals surface area contributed by atoms with E-state index >= 15 is 0 Å². The van der Waals surface area contributed by atoms with Crippen molar-refractivity contribution in [2.45, 2.75) is 65.5 Å². The van der Waals surface area contributed by atoms with Gasteiger partial charge >= 0.3 is 0 Å². The molecule has 0 heterocycles. The maximum Gasteiger partial charge on any atom is 0.166 e. The molecule has 0 aromatic rings. The number of hydrogen-bond donors (Lipinski definition) is 2. The molecule has 1 aliphatic carbocycles. The molecule has 0 amide bonds. The molecule has 0 aliphatic heterocycles. The molecule has 0 radical (unpaired) electrons. The third kappa shape index (κ3) is 4.83. The monoisotopic (exact) mass is 228 g/mol. The molecular formula is C12H24N2S. The minimum atomic E-state index is 0.418. The molecular weight excluding hydrogens is 204 g/mol. The van der Waals surface area contributed by atoms with Gasteiger partial charge in [0.05, 0.1) is 0 Å². The summed E-state index contributed by atoms with van der Waals surface area (Å²) in [7, 11) is 0. The smallest absolute Gasteiger partial charge is 0.166 e. The van der Waals surface area contributed by atoms with E-state index in [2.05, 4.69) is 38.3 Å². The first-order valence-electron chi connectivity index (χ1n) is 5.96. The van der Waals surface area contributed by atoms with Gasteiger partial charge in [0.2, 0.25) is 0 Å². The van der Waals surface area contributed by atoms with Crippen LogP contribution in [0.25, 0.3) is 0 Å². The van der Waals surface area contributed by atoms with Crippen molar-refractivity contribution in [2.75, 3.05) is 0 Å². The second-order valence-corrected chi connectivity index (χ2v) is 6.14. The average Bonchev–Trinajstić information content (AvgIpc) is 1.99. The highest BCUT2D eigenvalue weighted by molar-refractivity contribution is 7.80. The first-order chi connectivity index (χ1) is 6.89. The summed E-state index contributed by atoms with van der Waals surface area (Å²) in [4.78, 5) is 0. The molecule has 1 atom stereocenters. The molecule has 15 heavy (non-hydrogen) atoms. The zero-order chi connectivity index (χ0) is 11.5. The number of thiocarbonyl (C=S) groups is 1. The van der Waals surface area contributed by atoms with Crippen LogP contribution < -0.4 is 10.6 Å². The van der Waals surface area contributed by atoms with Crippen LogP contribution in [0.4, 0.5) is 0 Å². The summed E-state index contributed by atoms with van der Waals surface area (Å²) in [5.41, 5.74) is 0.476. The van der Waals surface area contributed by atoms with Crippen LogP contribution in [0.2, 0.25) is 0 Å². The summed E-state index contributed by atoms with van der Waals surface area (Å²) in [6, 6.07) is 0.981. The molecule has 1 unspecified atom stereocenters. The van der Waals surface area contributed by atoms with Crippen LogP contribution >= 0.6 is 12.2 Å². The highest BCUT2D eigenvalue weighted by Crippen LogP contribution is 2.34. The highest BCUT2D eigenvalue weighted by atomic mass is 32.1. The third-order valence-electron chi connectivity index (χ3n) is 2.96. The van der Waals surface area contributed by atoms with Crippen molar-refractivity contribution >= 4 is 17.3 Å². The maximum atomic E-state index is 5.26. The van der Waals surface area contributed by atoms with Crippen LogP contribution in [-0.2, 0) is 0 Å². The van der Waals surface area contributed by atoms with Crippen LogP contribution in [-0.4, -0.2) is 17.2 Å². The first-order valence-corrected chi connectivity index (χ1v) is 6.37. The summed E-state index contributed by atoms with van der Waals surface area (Å²) in [6.45, 7) is 8.91. The second kappa shape index (κ2) is 5.15. The fraction of sp³-hybridized carbons (Fsp3) is 0.917. The number of hydrogen-bond acceptors (Lipinski definition) is 1. The van der Waals surface area contributed by atoms with Crippen molar-refractivity contribution in [2.24, 2.45) is 5.41 Å². The Morgan fingerprint density at radius 3 is 2.60 bits per heavy atom. The van der Waals surface area contributed by atoms with E-state index in [0.29, 0.717) is 17.5 Å². The van der Waals surface area contributed by atoms with Crippen LogP contribution in [0.5, 0.6) is 0 Å². The largest absolute Gasteiger partial charge is 0.361 e. The quantitative estimate of drug-likeness (QED) is 0.711. The summed E-state index contributed by atoms with van der Waals surface area (Å²) < 4.78 is 0. The maximum absolute atomic E-state index is 5.26. The Hall–Kier alpha value is -0.310. The van der Waals surface area contributed by atoms with E-state index in [9.17, 15) is 0 Å². The standard InChI is InChI=1S/C12H24N2S/c1-9(2)13-11(15)14-10-6-5-7-12(3,4)8-10/h9-10H,5-8H2,1-4H3,(H2,13,14,15). The number of rotatable bonds is 2. The lowest BCUT2D eigenvalue weighted by Crippen LogP contribution is -2.47. The molecule has 1 rings (SSSR count). The predicted molar refractivity (Wildman–Crippen MR) is 70.0 cm³/mol. The third-order valence-corrected chi connectivity index (χ3v) is 3.20. The Labute approximate surface area is 99.2 Å². The van der Waals surface area contributed by atoms with Gasteiger partial charge in [-0.25, -0.2) is 0 Å². The lowest BCUT2D eigenvalue weighted by molar-refractivity contribution is 0.210. The van der Waals surface area contributed by atoms with Crippen molar-refractivity contribution in [1.29, 1.82) is 0 Å². The van der Waals surface area contributed by atoms with Gasteiger partial charge in [-0.2, -0.15) is 0 Å². The minimum Gasteiger partial charge on any atom is -0.361 e. The first kappa shape index (κ1) is 12.8. The normalized spacial score (nSPS) is 25.0. The van der Waals surface area contributed by atoms with Gasteiger partial charge in [0, 0.05) is 12.1 Å². The van der Waals surface area contributed by atoms with E-state index in [4.69, 9.17) is 12.2 Å². The molecule has 0 bridgehead atoms. The lowest BCUT2D eigenvalue weighted by Gasteiger charge is -2.36. The van der Waals surface area contributed by atoms with E-state index < -0.39 is 0 Å². The van der Waals surface area contributed by atoms with E-state index in [1.165, 1.54) is 25.7 Å². The molecule has 0 aromatic carbocycles.